The Balaban J connectivity index is 1.69. The molecule has 2 aromatic heterocycles. The second-order valence-corrected chi connectivity index (χ2v) is 8.56. The predicted molar refractivity (Wildman–Crippen MR) is 146 cm³/mol. The van der Waals surface area contributed by atoms with E-state index in [1.54, 1.807) is 48.5 Å². The molecule has 0 spiro atoms. The van der Waals surface area contributed by atoms with Gasteiger partial charge >= 0.3 is 5.97 Å². The molecule has 0 fully saturated rings. The summed E-state index contributed by atoms with van der Waals surface area (Å²) >= 11 is 0. The summed E-state index contributed by atoms with van der Waals surface area (Å²) in [6.45, 7) is 1.47. The molecule has 0 unspecified atom stereocenters. The van der Waals surface area contributed by atoms with Crippen LogP contribution in [0.4, 0.5) is 5.69 Å². The van der Waals surface area contributed by atoms with E-state index in [0.29, 0.717) is 27.6 Å². The maximum absolute atomic E-state index is 13.6. The molecule has 40 heavy (non-hydrogen) atoms. The Bertz CT molecular complexity index is 1860. The Hall–Kier alpha value is -5.52. The average molecular weight is 543 g/mol. The fourth-order valence-corrected chi connectivity index (χ4v) is 4.09. The van der Waals surface area contributed by atoms with E-state index >= 15 is 0 Å². The maximum atomic E-state index is 13.6. The fraction of sp³-hybridized carbons (Fsp3) is 0.143. The summed E-state index contributed by atoms with van der Waals surface area (Å²) in [5, 5.41) is 16.8. The Morgan fingerprint density at radius 3 is 2.62 bits per heavy atom. The minimum absolute atomic E-state index is 0.0917. The van der Waals surface area contributed by atoms with E-state index in [0.717, 1.165) is 4.68 Å². The van der Waals surface area contributed by atoms with Crippen molar-refractivity contribution in [3.8, 4) is 23.1 Å². The number of nitro groups is 1. The first-order valence-corrected chi connectivity index (χ1v) is 12.0. The first-order chi connectivity index (χ1) is 19.3. The van der Waals surface area contributed by atoms with Crippen LogP contribution in [0, 0.1) is 10.1 Å². The second-order valence-electron chi connectivity index (χ2n) is 8.56. The first-order valence-electron chi connectivity index (χ1n) is 12.0. The highest BCUT2D eigenvalue weighted by Gasteiger charge is 2.20. The first kappa shape index (κ1) is 26.1. The lowest BCUT2D eigenvalue weighted by Gasteiger charge is -2.14. The number of hydrogen-bond acceptors (Lipinski definition) is 10. The van der Waals surface area contributed by atoms with E-state index in [9.17, 15) is 19.7 Å². The zero-order chi connectivity index (χ0) is 28.4. The van der Waals surface area contributed by atoms with Crippen LogP contribution in [0.1, 0.15) is 12.5 Å². The van der Waals surface area contributed by atoms with Crippen LogP contribution in [0.2, 0.25) is 0 Å². The van der Waals surface area contributed by atoms with Gasteiger partial charge in [0.05, 0.1) is 41.6 Å². The number of benzene rings is 3. The third kappa shape index (κ3) is 4.85. The van der Waals surface area contributed by atoms with Crippen molar-refractivity contribution in [2.24, 2.45) is 5.10 Å². The number of non-ortho nitro benzene ring substituents is 1. The molecule has 5 rings (SSSR count). The van der Waals surface area contributed by atoms with Crippen molar-refractivity contribution in [2.75, 3.05) is 14.2 Å². The molecule has 12 heteroatoms. The molecule has 0 saturated carbocycles. The van der Waals surface area contributed by atoms with Crippen LogP contribution in [0.25, 0.3) is 33.5 Å². The molecule has 3 aromatic carbocycles. The topological polar surface area (TPSA) is 148 Å². The van der Waals surface area contributed by atoms with Gasteiger partial charge in [-0.25, -0.2) is 9.78 Å². The summed E-state index contributed by atoms with van der Waals surface area (Å²) in [6, 6.07) is 17.5. The molecule has 5 aromatic rings. The zero-order valence-electron chi connectivity index (χ0n) is 21.6. The smallest absolute Gasteiger partial charge is 0.346 e. The molecule has 1 atom stereocenters. The van der Waals surface area contributed by atoms with Gasteiger partial charge in [0, 0.05) is 17.7 Å². The maximum Gasteiger partial charge on any atom is 0.346 e. The third-order valence-corrected chi connectivity index (χ3v) is 6.07. The van der Waals surface area contributed by atoms with Crippen LogP contribution in [-0.2, 0) is 9.53 Å². The highest BCUT2D eigenvalue weighted by molar-refractivity contribution is 5.89. The van der Waals surface area contributed by atoms with Crippen LogP contribution in [0.3, 0.4) is 0 Å². The summed E-state index contributed by atoms with van der Waals surface area (Å²) < 4.78 is 22.9. The highest BCUT2D eigenvalue weighted by Crippen LogP contribution is 2.33. The molecule has 0 radical (unpaired) electrons. The number of rotatable bonds is 8. The van der Waals surface area contributed by atoms with Crippen LogP contribution in [0.5, 0.6) is 11.5 Å². The molecule has 0 amide bonds. The number of furan rings is 1. The number of esters is 1. The van der Waals surface area contributed by atoms with Crippen LogP contribution >= 0.6 is 0 Å². The highest BCUT2D eigenvalue weighted by atomic mass is 16.6. The lowest BCUT2D eigenvalue weighted by molar-refractivity contribution is -0.384. The van der Waals surface area contributed by atoms with Gasteiger partial charge in [0.1, 0.15) is 17.1 Å². The van der Waals surface area contributed by atoms with Gasteiger partial charge in [0.15, 0.2) is 11.9 Å². The van der Waals surface area contributed by atoms with Crippen molar-refractivity contribution in [1.82, 2.24) is 9.66 Å². The molecule has 0 bridgehead atoms. The summed E-state index contributed by atoms with van der Waals surface area (Å²) in [6.07, 6.45) is 0.210. The van der Waals surface area contributed by atoms with E-state index in [1.165, 1.54) is 45.6 Å². The number of carbonyl (C=O) groups is 1. The lowest BCUT2D eigenvalue weighted by Crippen LogP contribution is -2.25. The van der Waals surface area contributed by atoms with Gasteiger partial charge in [-0.05, 0) is 43.3 Å². The van der Waals surface area contributed by atoms with Gasteiger partial charge in [-0.1, -0.05) is 18.2 Å². The van der Waals surface area contributed by atoms with Crippen molar-refractivity contribution in [3.63, 3.8) is 0 Å². The quantitative estimate of drug-likeness (QED) is 0.119. The van der Waals surface area contributed by atoms with Gasteiger partial charge in [0.25, 0.3) is 11.2 Å². The normalized spacial score (nSPS) is 12.1. The number of hydrogen-bond donors (Lipinski definition) is 0. The van der Waals surface area contributed by atoms with Gasteiger partial charge in [0.2, 0.25) is 5.82 Å². The number of methoxy groups -OCH3 is 2. The van der Waals surface area contributed by atoms with E-state index < -0.39 is 22.6 Å². The van der Waals surface area contributed by atoms with E-state index in [4.69, 9.17) is 18.6 Å². The van der Waals surface area contributed by atoms with Gasteiger partial charge in [-0.3, -0.25) is 14.9 Å². The van der Waals surface area contributed by atoms with Crippen molar-refractivity contribution in [2.45, 2.75) is 13.0 Å². The predicted octanol–water partition coefficient (Wildman–Crippen LogP) is 4.55. The van der Waals surface area contributed by atoms with Crippen LogP contribution in [0.15, 0.2) is 81.0 Å². The van der Waals surface area contributed by atoms with Crippen molar-refractivity contribution in [1.29, 1.82) is 0 Å². The number of carbonyl (C=O) groups excluding carboxylic acids is 1. The largest absolute Gasteiger partial charge is 0.496 e. The second kappa shape index (κ2) is 10.7. The number of nitro benzene ring substituents is 1. The number of nitrogens with zero attached hydrogens (tertiary/aromatic N) is 4. The Labute approximate surface area is 226 Å². The van der Waals surface area contributed by atoms with Crippen LogP contribution in [-0.4, -0.2) is 47.1 Å². The monoisotopic (exact) mass is 542 g/mol. The number of ether oxygens (including phenoxy) is 3. The van der Waals surface area contributed by atoms with E-state index in [-0.39, 0.29) is 28.6 Å². The summed E-state index contributed by atoms with van der Waals surface area (Å²) in [5.74, 6) is 0.384. The molecule has 0 saturated heterocycles. The van der Waals surface area contributed by atoms with Gasteiger partial charge in [-0.2, -0.15) is 9.78 Å². The summed E-state index contributed by atoms with van der Waals surface area (Å²) in [7, 11) is 2.75. The SMILES string of the molecule is COC(=O)[C@@H](C)Oc1ccc([N+](=O)[O-])cc1C=Nn1c(-c2cc3c(OC)cccc3o2)nc2ccccc2c1=O. The molecule has 0 N–H and O–H groups in total. The molecular weight excluding hydrogens is 520 g/mol. The van der Waals surface area contributed by atoms with Crippen LogP contribution < -0.4 is 15.0 Å². The molecule has 12 nitrogen and oxygen atoms in total. The molecule has 2 heterocycles. The Kier molecular flexibility index (Phi) is 6.98. The van der Waals surface area contributed by atoms with Crippen molar-refractivity contribution < 1.29 is 28.3 Å². The molecule has 202 valence electrons. The van der Waals surface area contributed by atoms with Crippen molar-refractivity contribution in [3.05, 3.63) is 92.8 Å². The Morgan fingerprint density at radius 2 is 1.88 bits per heavy atom. The number of aromatic nitrogens is 2. The zero-order valence-corrected chi connectivity index (χ0v) is 21.6. The number of fused-ring (bicyclic) bond motifs is 2. The third-order valence-electron chi connectivity index (χ3n) is 6.07. The molecule has 0 aliphatic rings. The number of para-hydroxylation sites is 1. The lowest BCUT2D eigenvalue weighted by atomic mass is 10.2. The van der Waals surface area contributed by atoms with Gasteiger partial charge < -0.3 is 18.6 Å². The Morgan fingerprint density at radius 1 is 1.07 bits per heavy atom. The van der Waals surface area contributed by atoms with E-state index in [1.807, 2.05) is 0 Å². The molecule has 0 aliphatic carbocycles. The van der Waals surface area contributed by atoms with Crippen molar-refractivity contribution >= 4 is 39.7 Å². The molecule has 0 aliphatic heterocycles. The average Bonchev–Trinajstić information content (AvgIpc) is 3.41. The summed E-state index contributed by atoms with van der Waals surface area (Å²) in [4.78, 5) is 41.0. The fourth-order valence-electron chi connectivity index (χ4n) is 4.09. The minimum Gasteiger partial charge on any atom is -0.496 e. The standard InChI is InChI=1S/C28H22N4O8/c1-16(28(34)38-3)39-22-12-11-18(32(35)36)13-17(22)15-29-31-26(30-21-8-5-4-7-19(21)27(31)33)25-14-20-23(37-2)9-6-10-24(20)40-25/h4-16H,1-3H3/t16-/m1/s1. The van der Waals surface area contributed by atoms with Gasteiger partial charge in [-0.15, -0.1) is 0 Å². The summed E-state index contributed by atoms with van der Waals surface area (Å²) in [5.41, 5.74) is 0.335. The molecular formula is C28H22N4O8. The minimum atomic E-state index is -1.01. The van der Waals surface area contributed by atoms with E-state index in [2.05, 4.69) is 10.1 Å².